The van der Waals surface area contributed by atoms with E-state index in [1.165, 1.54) is 0 Å². The summed E-state index contributed by atoms with van der Waals surface area (Å²) in [6.07, 6.45) is 0. The maximum Gasteiger partial charge on any atom is 0.261 e. The zero-order valence-corrected chi connectivity index (χ0v) is 17.7. The second-order valence-corrected chi connectivity index (χ2v) is 8.14. The molecule has 0 aliphatic carbocycles. The van der Waals surface area contributed by atoms with E-state index in [1.54, 1.807) is 55.6 Å². The van der Waals surface area contributed by atoms with Crippen molar-refractivity contribution in [3.63, 3.8) is 0 Å². The highest BCUT2D eigenvalue weighted by Gasteiger charge is 2.13. The Morgan fingerprint density at radius 2 is 1.75 bits per heavy atom. The summed E-state index contributed by atoms with van der Waals surface area (Å²) < 4.78 is 32.4. The molecule has 0 unspecified atom stereocenters. The highest BCUT2D eigenvalue weighted by molar-refractivity contribution is 7.92. The zero-order chi connectivity index (χ0) is 20.6. The van der Waals surface area contributed by atoms with Crippen molar-refractivity contribution in [2.75, 3.05) is 25.0 Å². The fraction of sp³-hybridized carbons (Fsp3) is 0.263. The van der Waals surface area contributed by atoms with Crippen LogP contribution < -0.4 is 15.5 Å². The first-order valence-corrected chi connectivity index (χ1v) is 10.5. The summed E-state index contributed by atoms with van der Waals surface area (Å²) >= 11 is 5.11. The summed E-state index contributed by atoms with van der Waals surface area (Å²) in [6.45, 7) is 4.87. The predicted octanol–water partition coefficient (Wildman–Crippen LogP) is 2.63. The van der Waals surface area contributed by atoms with Crippen LogP contribution in [0.5, 0.6) is 0 Å². The average molecular weight is 421 g/mol. The second kappa shape index (κ2) is 10.2. The molecule has 150 valence electrons. The van der Waals surface area contributed by atoms with Crippen molar-refractivity contribution in [2.24, 2.45) is 5.10 Å². The summed E-state index contributed by atoms with van der Waals surface area (Å²) in [7, 11) is -2.01. The molecule has 0 fully saturated rings. The van der Waals surface area contributed by atoms with Crippen LogP contribution in [0.25, 0.3) is 0 Å². The van der Waals surface area contributed by atoms with Crippen molar-refractivity contribution >= 4 is 38.8 Å². The summed E-state index contributed by atoms with van der Waals surface area (Å²) in [4.78, 5) is 0.221. The Kier molecular flexibility index (Phi) is 7.91. The van der Waals surface area contributed by atoms with Gasteiger partial charge in [-0.25, -0.2) is 8.42 Å². The molecule has 0 saturated heterocycles. The van der Waals surface area contributed by atoms with Gasteiger partial charge in [-0.05, 0) is 55.9 Å². The molecule has 0 radical (unpaired) electrons. The van der Waals surface area contributed by atoms with Gasteiger partial charge in [0.2, 0.25) is 0 Å². The molecule has 0 spiro atoms. The van der Waals surface area contributed by atoms with E-state index in [-0.39, 0.29) is 4.90 Å². The lowest BCUT2D eigenvalue weighted by Crippen LogP contribution is -2.34. The van der Waals surface area contributed by atoms with Gasteiger partial charge in [0.15, 0.2) is 5.11 Å². The molecule has 0 saturated carbocycles. The highest BCUT2D eigenvalue weighted by Crippen LogP contribution is 2.17. The Bertz CT molecular complexity index is 925. The molecular weight excluding hydrogens is 396 g/mol. The van der Waals surface area contributed by atoms with Crippen LogP contribution in [0.2, 0.25) is 0 Å². The number of nitrogens with zero attached hydrogens (tertiary/aromatic N) is 1. The van der Waals surface area contributed by atoms with Crippen molar-refractivity contribution < 1.29 is 13.2 Å². The summed E-state index contributed by atoms with van der Waals surface area (Å²) in [5.74, 6) is 0. The van der Waals surface area contributed by atoms with Gasteiger partial charge >= 0.3 is 0 Å². The number of methoxy groups -OCH3 is 1. The van der Waals surface area contributed by atoms with Crippen molar-refractivity contribution in [1.82, 2.24) is 10.7 Å². The molecule has 0 aromatic heterocycles. The molecule has 0 bridgehead atoms. The summed E-state index contributed by atoms with van der Waals surface area (Å²) in [6, 6.07) is 13.6. The van der Waals surface area contributed by atoms with Gasteiger partial charge < -0.3 is 10.1 Å². The molecule has 0 amide bonds. The Morgan fingerprint density at radius 3 is 2.36 bits per heavy atom. The van der Waals surface area contributed by atoms with Crippen molar-refractivity contribution in [2.45, 2.75) is 18.7 Å². The zero-order valence-electron chi connectivity index (χ0n) is 16.0. The van der Waals surface area contributed by atoms with Gasteiger partial charge in [0.05, 0.1) is 17.2 Å². The van der Waals surface area contributed by atoms with Crippen molar-refractivity contribution in [3.8, 4) is 0 Å². The number of anilines is 1. The molecule has 7 nitrogen and oxygen atoms in total. The second-order valence-electron chi connectivity index (χ2n) is 6.05. The summed E-state index contributed by atoms with van der Waals surface area (Å²) in [5, 5.41) is 7.57. The van der Waals surface area contributed by atoms with E-state index < -0.39 is 10.0 Å². The van der Waals surface area contributed by atoms with E-state index >= 15 is 0 Å². The van der Waals surface area contributed by atoms with Crippen LogP contribution in [-0.2, 0) is 14.8 Å². The van der Waals surface area contributed by atoms with E-state index in [4.69, 9.17) is 17.0 Å². The number of hydrazone groups is 1. The predicted molar refractivity (Wildman–Crippen MR) is 116 cm³/mol. The van der Waals surface area contributed by atoms with Crippen LogP contribution in [0.1, 0.15) is 18.1 Å². The van der Waals surface area contributed by atoms with Crippen LogP contribution in [0, 0.1) is 6.92 Å². The monoisotopic (exact) mass is 420 g/mol. The molecule has 28 heavy (non-hydrogen) atoms. The van der Waals surface area contributed by atoms with Gasteiger partial charge in [0.1, 0.15) is 0 Å². The van der Waals surface area contributed by atoms with Crippen LogP contribution in [0.4, 0.5) is 5.69 Å². The molecule has 0 heterocycles. The molecule has 0 aliphatic rings. The van der Waals surface area contributed by atoms with Gasteiger partial charge in [-0.3, -0.25) is 10.1 Å². The van der Waals surface area contributed by atoms with Crippen molar-refractivity contribution in [3.05, 3.63) is 59.7 Å². The quantitative estimate of drug-likeness (QED) is 0.263. The van der Waals surface area contributed by atoms with Gasteiger partial charge in [-0.15, -0.1) is 0 Å². The first-order chi connectivity index (χ1) is 13.3. The van der Waals surface area contributed by atoms with E-state index in [1.807, 2.05) is 13.8 Å². The lowest BCUT2D eigenvalue weighted by Gasteiger charge is -2.10. The number of rotatable bonds is 8. The maximum absolute atomic E-state index is 12.4. The van der Waals surface area contributed by atoms with E-state index in [0.717, 1.165) is 11.1 Å². The molecule has 0 aliphatic heterocycles. The lowest BCUT2D eigenvalue weighted by atomic mass is 10.1. The van der Waals surface area contributed by atoms with E-state index in [9.17, 15) is 8.42 Å². The van der Waals surface area contributed by atoms with Crippen LogP contribution in [0.15, 0.2) is 58.5 Å². The maximum atomic E-state index is 12.4. The fourth-order valence-electron chi connectivity index (χ4n) is 2.22. The van der Waals surface area contributed by atoms with Gasteiger partial charge in [0, 0.05) is 19.3 Å². The third-order valence-corrected chi connectivity index (χ3v) is 5.44. The van der Waals surface area contributed by atoms with E-state index in [2.05, 4.69) is 20.6 Å². The van der Waals surface area contributed by atoms with Crippen LogP contribution in [0.3, 0.4) is 0 Å². The number of hydrogen-bond donors (Lipinski definition) is 3. The fourth-order valence-corrected chi connectivity index (χ4v) is 3.42. The third-order valence-electron chi connectivity index (χ3n) is 3.80. The standard InChI is InChI=1S/C19H24N4O3S2/c1-14-4-10-18(11-5-14)28(24,25)23-17-8-6-16(7-9-17)15(2)21-22-19(27)20-12-13-26-3/h4-11,23H,12-13H2,1-3H3,(H2,20,22,27)/b21-15+. The average Bonchev–Trinajstić information content (AvgIpc) is 2.67. The first-order valence-electron chi connectivity index (χ1n) is 8.59. The number of aryl methyl sites for hydroxylation is 1. The normalized spacial score (nSPS) is 11.8. The van der Waals surface area contributed by atoms with Crippen LogP contribution >= 0.6 is 12.2 Å². The molecule has 3 N–H and O–H groups in total. The number of nitrogens with one attached hydrogen (secondary N) is 3. The molecule has 2 aromatic rings. The highest BCUT2D eigenvalue weighted by atomic mass is 32.2. The van der Waals surface area contributed by atoms with Gasteiger partial charge in [-0.2, -0.15) is 5.10 Å². The third kappa shape index (κ3) is 6.59. The Morgan fingerprint density at radius 1 is 1.11 bits per heavy atom. The Balaban J connectivity index is 1.99. The number of thiocarbonyl (C=S) groups is 1. The summed E-state index contributed by atoms with van der Waals surface area (Å²) in [5.41, 5.74) is 5.78. The minimum absolute atomic E-state index is 0.221. The number of hydrogen-bond acceptors (Lipinski definition) is 5. The van der Waals surface area contributed by atoms with Crippen molar-refractivity contribution in [1.29, 1.82) is 0 Å². The van der Waals surface area contributed by atoms with Gasteiger partial charge in [-0.1, -0.05) is 29.8 Å². The first kappa shape index (κ1) is 21.8. The Labute approximate surface area is 171 Å². The number of benzene rings is 2. The van der Waals surface area contributed by atoms with E-state index in [0.29, 0.717) is 29.7 Å². The molecule has 2 rings (SSSR count). The lowest BCUT2D eigenvalue weighted by molar-refractivity contribution is 0.204. The number of ether oxygens (including phenoxy) is 1. The molecule has 9 heteroatoms. The molecule has 2 aromatic carbocycles. The number of sulfonamides is 1. The topological polar surface area (TPSA) is 91.8 Å². The molecular formula is C19H24N4O3S2. The van der Waals surface area contributed by atoms with Gasteiger partial charge in [0.25, 0.3) is 10.0 Å². The Hall–Kier alpha value is -2.49. The minimum atomic E-state index is -3.62. The minimum Gasteiger partial charge on any atom is -0.383 e. The molecule has 0 atom stereocenters. The SMILES string of the molecule is COCCNC(=S)N/N=C(\C)c1ccc(NS(=O)(=O)c2ccc(C)cc2)cc1. The van der Waals surface area contributed by atoms with Crippen LogP contribution in [-0.4, -0.2) is 39.5 Å². The largest absolute Gasteiger partial charge is 0.383 e. The smallest absolute Gasteiger partial charge is 0.261 e.